The van der Waals surface area contributed by atoms with Gasteiger partial charge in [0.2, 0.25) is 0 Å². The van der Waals surface area contributed by atoms with Gasteiger partial charge in [-0.1, -0.05) is 24.3 Å². The van der Waals surface area contributed by atoms with Crippen molar-refractivity contribution in [2.75, 3.05) is 24.6 Å². The summed E-state index contributed by atoms with van der Waals surface area (Å²) in [6, 6.07) is 0. The van der Waals surface area contributed by atoms with Gasteiger partial charge in [-0.2, -0.15) is 11.8 Å². The second-order valence-electron chi connectivity index (χ2n) is 5.59. The van der Waals surface area contributed by atoms with Gasteiger partial charge in [0.05, 0.1) is 0 Å². The van der Waals surface area contributed by atoms with Crippen molar-refractivity contribution in [1.82, 2.24) is 10.6 Å². The molecule has 0 unspecified atom stereocenters. The van der Waals surface area contributed by atoms with Gasteiger partial charge in [-0.25, -0.2) is 0 Å². The van der Waals surface area contributed by atoms with Crippen molar-refractivity contribution in [3.63, 3.8) is 0 Å². The van der Waals surface area contributed by atoms with Crippen molar-refractivity contribution < 1.29 is 26.4 Å². The molecule has 1 radical (unpaired) electrons. The first kappa shape index (κ1) is 22.3. The number of nitrogens with one attached hydrogen (secondary N) is 2. The zero-order chi connectivity index (χ0) is 17.7. The summed E-state index contributed by atoms with van der Waals surface area (Å²) in [4.78, 5) is 23.0. The van der Waals surface area contributed by atoms with E-state index in [1.165, 1.54) is 0 Å². The van der Waals surface area contributed by atoms with Crippen LogP contribution in [0.2, 0.25) is 0 Å². The van der Waals surface area contributed by atoms with Crippen LogP contribution >= 0.6 is 11.8 Å². The fraction of sp³-hybridized carbons (Fsp3) is 0.300. The largest absolute Gasteiger partial charge is 0.390 e. The third-order valence-corrected chi connectivity index (χ3v) is 4.73. The third-order valence-electron chi connectivity index (χ3n) is 3.57. The second kappa shape index (κ2) is 13.4. The van der Waals surface area contributed by atoms with Crippen LogP contribution in [-0.4, -0.2) is 36.2 Å². The Balaban J connectivity index is 0.00000338. The first-order chi connectivity index (χ1) is 12.3. The minimum absolute atomic E-state index is 0. The minimum atomic E-state index is 0. The van der Waals surface area contributed by atoms with E-state index in [0.717, 1.165) is 37.4 Å². The van der Waals surface area contributed by atoms with Crippen LogP contribution in [0.4, 0.5) is 0 Å². The molecule has 0 aromatic carbocycles. The number of rotatable bonds is 10. The Morgan fingerprint density at radius 1 is 0.731 bits per heavy atom. The molecule has 4 nitrogen and oxygen atoms in total. The zero-order valence-electron chi connectivity index (χ0n) is 14.6. The fourth-order valence-electron chi connectivity index (χ4n) is 2.22. The van der Waals surface area contributed by atoms with Crippen LogP contribution in [0.5, 0.6) is 0 Å². The van der Waals surface area contributed by atoms with E-state index in [1.54, 1.807) is 36.7 Å². The molecule has 0 atom stereocenters. The number of carbonyl (C=O) groups is 2. The molecule has 6 heteroatoms. The van der Waals surface area contributed by atoms with Crippen LogP contribution in [0.25, 0.3) is 0 Å². The predicted molar refractivity (Wildman–Crippen MR) is 105 cm³/mol. The van der Waals surface area contributed by atoms with Gasteiger partial charge in [0.15, 0.2) is 11.6 Å². The topological polar surface area (TPSA) is 58.2 Å². The molecule has 26 heavy (non-hydrogen) atoms. The summed E-state index contributed by atoms with van der Waals surface area (Å²) in [6.45, 7) is 1.74. The number of ketones is 2. The summed E-state index contributed by atoms with van der Waals surface area (Å²) in [5.41, 5.74) is 1.41. The zero-order valence-corrected chi connectivity index (χ0v) is 16.4. The van der Waals surface area contributed by atoms with Crippen molar-refractivity contribution in [3.05, 3.63) is 72.2 Å². The van der Waals surface area contributed by atoms with E-state index in [9.17, 15) is 9.59 Å². The maximum atomic E-state index is 11.5. The first-order valence-electron chi connectivity index (χ1n) is 8.50. The van der Waals surface area contributed by atoms with Crippen LogP contribution < -0.4 is 10.6 Å². The monoisotopic (exact) mass is 415 g/mol. The second-order valence-corrected chi connectivity index (χ2v) is 6.82. The van der Waals surface area contributed by atoms with Crippen molar-refractivity contribution in [1.29, 1.82) is 0 Å². The SMILES string of the molecule is O=C1C=CC=C/C1=C/NCCCSCCCN/C=C1/C=CC=CC1=O.[Co]. The molecule has 0 aliphatic heterocycles. The molecule has 141 valence electrons. The van der Waals surface area contributed by atoms with Crippen LogP contribution in [0.1, 0.15) is 12.8 Å². The van der Waals surface area contributed by atoms with Gasteiger partial charge >= 0.3 is 0 Å². The number of hydrogen-bond acceptors (Lipinski definition) is 5. The molecule has 2 aliphatic carbocycles. The predicted octanol–water partition coefficient (Wildman–Crippen LogP) is 2.83. The van der Waals surface area contributed by atoms with Crippen LogP contribution in [0.3, 0.4) is 0 Å². The van der Waals surface area contributed by atoms with E-state index >= 15 is 0 Å². The van der Waals surface area contributed by atoms with Crippen molar-refractivity contribution in [2.24, 2.45) is 0 Å². The van der Waals surface area contributed by atoms with Gasteiger partial charge in [0.1, 0.15) is 0 Å². The third kappa shape index (κ3) is 8.56. The molecule has 0 spiro atoms. The van der Waals surface area contributed by atoms with E-state index in [2.05, 4.69) is 10.6 Å². The Hall–Kier alpha value is -1.76. The molecule has 2 aliphatic rings. The van der Waals surface area contributed by atoms with Gasteiger partial charge in [-0.05, 0) is 48.7 Å². The summed E-state index contributed by atoms with van der Waals surface area (Å²) in [7, 11) is 0. The minimum Gasteiger partial charge on any atom is -0.390 e. The van der Waals surface area contributed by atoms with Gasteiger partial charge < -0.3 is 10.6 Å². The molecule has 0 heterocycles. The molecule has 0 saturated heterocycles. The molecule has 0 amide bonds. The number of carbonyl (C=O) groups excluding carboxylic acids is 2. The average molecular weight is 415 g/mol. The smallest absolute Gasteiger partial charge is 0.187 e. The molecular weight excluding hydrogens is 391 g/mol. The van der Waals surface area contributed by atoms with Crippen LogP contribution in [-0.2, 0) is 26.4 Å². The van der Waals surface area contributed by atoms with E-state index < -0.39 is 0 Å². The van der Waals surface area contributed by atoms with E-state index in [0.29, 0.717) is 11.1 Å². The Labute approximate surface area is 169 Å². The Morgan fingerprint density at radius 2 is 1.15 bits per heavy atom. The summed E-state index contributed by atoms with van der Waals surface area (Å²) >= 11 is 1.92. The Kier molecular flexibility index (Phi) is 11.5. The fourth-order valence-corrected chi connectivity index (χ4v) is 3.12. The quantitative estimate of drug-likeness (QED) is 0.425. The number of allylic oxidation sites excluding steroid dienone is 10. The summed E-state index contributed by atoms with van der Waals surface area (Å²) < 4.78 is 0. The van der Waals surface area contributed by atoms with Gasteiger partial charge in [0.25, 0.3) is 0 Å². The van der Waals surface area contributed by atoms with Gasteiger partial charge in [0, 0.05) is 53.4 Å². The maximum Gasteiger partial charge on any atom is 0.187 e. The van der Waals surface area contributed by atoms with Crippen molar-refractivity contribution >= 4 is 23.3 Å². The Morgan fingerprint density at radius 3 is 1.58 bits per heavy atom. The maximum absolute atomic E-state index is 11.5. The van der Waals surface area contributed by atoms with Crippen molar-refractivity contribution in [3.8, 4) is 0 Å². The summed E-state index contributed by atoms with van der Waals surface area (Å²) in [5.74, 6) is 2.28. The Bertz CT molecular complexity index is 605. The van der Waals surface area contributed by atoms with E-state index in [1.807, 2.05) is 36.1 Å². The first-order valence-corrected chi connectivity index (χ1v) is 9.66. The van der Waals surface area contributed by atoms with E-state index in [4.69, 9.17) is 0 Å². The van der Waals surface area contributed by atoms with Crippen molar-refractivity contribution in [2.45, 2.75) is 12.8 Å². The molecule has 0 saturated carbocycles. The molecule has 0 aromatic rings. The number of hydrogen-bond donors (Lipinski definition) is 2. The molecular formula is C20H24CoN2O2S. The molecule has 0 aromatic heterocycles. The van der Waals surface area contributed by atoms with Crippen LogP contribution in [0.15, 0.2) is 72.2 Å². The molecule has 0 fully saturated rings. The molecule has 2 rings (SSSR count). The van der Waals surface area contributed by atoms with Gasteiger partial charge in [-0.15, -0.1) is 0 Å². The van der Waals surface area contributed by atoms with Gasteiger partial charge in [-0.3, -0.25) is 9.59 Å². The summed E-state index contributed by atoms with van der Waals surface area (Å²) in [6.07, 6.45) is 19.7. The van der Waals surface area contributed by atoms with E-state index in [-0.39, 0.29) is 28.3 Å². The normalized spacial score (nSPS) is 18.5. The average Bonchev–Trinajstić information content (AvgIpc) is 2.62. The van der Waals surface area contributed by atoms with Crippen LogP contribution in [0, 0.1) is 0 Å². The standard InChI is InChI=1S/C20H24N2O2S.Co/c23-19-9-3-1-7-17(19)15-21-11-5-13-25-14-6-12-22-16-18-8-2-4-10-20(18)24;/h1-4,7-10,15-16,21-22H,5-6,11-14H2;/b17-15-,18-16-;. The number of thioether (sulfide) groups is 1. The summed E-state index contributed by atoms with van der Waals surface area (Å²) in [5, 5.41) is 6.38. The molecule has 0 bridgehead atoms. The molecule has 2 N–H and O–H groups in total.